The second kappa shape index (κ2) is 4.03. The average molecular weight is 217 g/mol. The lowest BCUT2D eigenvalue weighted by atomic mass is 10.1. The van der Waals surface area contributed by atoms with Gasteiger partial charge in [-0.1, -0.05) is 11.6 Å². The Morgan fingerprint density at radius 3 is 2.60 bits per heavy atom. The lowest BCUT2D eigenvalue weighted by molar-refractivity contribution is 1.03. The highest BCUT2D eigenvalue weighted by atomic mass is 35.5. The molecule has 2 heterocycles. The van der Waals surface area contributed by atoms with E-state index in [1.54, 1.807) is 30.6 Å². The molecule has 0 aromatic carbocycles. The van der Waals surface area contributed by atoms with Gasteiger partial charge in [-0.05, 0) is 18.2 Å². The van der Waals surface area contributed by atoms with E-state index in [1.807, 2.05) is 6.07 Å². The molecule has 0 amide bonds. The zero-order chi connectivity index (χ0) is 10.7. The molecular weight excluding hydrogens is 212 g/mol. The fourth-order valence-corrected chi connectivity index (χ4v) is 1.25. The van der Waals surface area contributed by atoms with Crippen LogP contribution in [0, 0.1) is 11.3 Å². The zero-order valence-electron chi connectivity index (χ0n) is 7.55. The van der Waals surface area contributed by atoms with Gasteiger partial charge in [-0.25, -0.2) is 0 Å². The summed E-state index contributed by atoms with van der Waals surface area (Å²) in [5.41, 5.74) is 1.78. The Bertz CT molecular complexity index is 519. The molecule has 0 bridgehead atoms. The summed E-state index contributed by atoms with van der Waals surface area (Å²) >= 11 is 5.68. The third kappa shape index (κ3) is 1.92. The van der Waals surface area contributed by atoms with Crippen LogP contribution in [0.25, 0.3) is 11.3 Å². The fraction of sp³-hybridized carbons (Fsp3) is 0. The number of pyridine rings is 1. The van der Waals surface area contributed by atoms with Crippen LogP contribution >= 0.6 is 11.6 Å². The highest BCUT2D eigenvalue weighted by Gasteiger charge is 2.05. The summed E-state index contributed by atoms with van der Waals surface area (Å²) in [5.74, 6) is 0. The van der Waals surface area contributed by atoms with Crippen LogP contribution in [0.3, 0.4) is 0 Å². The van der Waals surface area contributed by atoms with E-state index in [4.69, 9.17) is 16.9 Å². The molecule has 0 unspecified atom stereocenters. The molecule has 0 saturated carbocycles. The number of nitriles is 1. The maximum Gasteiger partial charge on any atom is 0.169 e. The van der Waals surface area contributed by atoms with Crippen molar-refractivity contribution in [1.29, 1.82) is 5.26 Å². The molecule has 0 atom stereocenters. The second-order valence-corrected chi connectivity index (χ2v) is 3.14. The molecule has 2 rings (SSSR count). The zero-order valence-corrected chi connectivity index (χ0v) is 8.31. The Morgan fingerprint density at radius 1 is 1.20 bits per heavy atom. The van der Waals surface area contributed by atoms with Crippen molar-refractivity contribution in [1.82, 2.24) is 15.2 Å². The van der Waals surface area contributed by atoms with Gasteiger partial charge in [0.05, 0.1) is 11.3 Å². The van der Waals surface area contributed by atoms with Gasteiger partial charge in [0.1, 0.15) is 6.07 Å². The van der Waals surface area contributed by atoms with Gasteiger partial charge in [-0.15, -0.1) is 10.2 Å². The molecule has 4 nitrogen and oxygen atoms in total. The molecule has 0 saturated heterocycles. The summed E-state index contributed by atoms with van der Waals surface area (Å²) < 4.78 is 0. The van der Waals surface area contributed by atoms with Crippen molar-refractivity contribution in [3.63, 3.8) is 0 Å². The summed E-state index contributed by atoms with van der Waals surface area (Å²) in [6.45, 7) is 0. The number of aromatic nitrogens is 3. The molecule has 0 radical (unpaired) electrons. The highest BCUT2D eigenvalue weighted by molar-refractivity contribution is 6.30. The van der Waals surface area contributed by atoms with Crippen LogP contribution in [0.2, 0.25) is 5.15 Å². The van der Waals surface area contributed by atoms with E-state index < -0.39 is 0 Å². The normalized spacial score (nSPS) is 9.60. The number of rotatable bonds is 1. The predicted molar refractivity (Wildman–Crippen MR) is 55.0 cm³/mol. The van der Waals surface area contributed by atoms with E-state index in [0.29, 0.717) is 11.3 Å². The number of hydrogen-bond donors (Lipinski definition) is 0. The second-order valence-electron chi connectivity index (χ2n) is 2.78. The SMILES string of the molecule is N#Cc1cc(-c2ccncc2)nnc1Cl. The molecule has 15 heavy (non-hydrogen) atoms. The van der Waals surface area contributed by atoms with Gasteiger partial charge in [-0.2, -0.15) is 5.26 Å². The van der Waals surface area contributed by atoms with Gasteiger partial charge >= 0.3 is 0 Å². The first-order chi connectivity index (χ1) is 7.31. The van der Waals surface area contributed by atoms with E-state index >= 15 is 0 Å². The van der Waals surface area contributed by atoms with Crippen molar-refractivity contribution in [3.05, 3.63) is 41.3 Å². The van der Waals surface area contributed by atoms with Crippen molar-refractivity contribution in [2.45, 2.75) is 0 Å². The monoisotopic (exact) mass is 216 g/mol. The quantitative estimate of drug-likeness (QED) is 0.732. The number of nitrogens with zero attached hydrogens (tertiary/aromatic N) is 4. The Kier molecular flexibility index (Phi) is 2.57. The minimum Gasteiger partial charge on any atom is -0.265 e. The van der Waals surface area contributed by atoms with Crippen LogP contribution in [0.1, 0.15) is 5.56 Å². The molecule has 72 valence electrons. The molecule has 5 heteroatoms. The lowest BCUT2D eigenvalue weighted by Crippen LogP contribution is -1.91. The van der Waals surface area contributed by atoms with Crippen LogP contribution < -0.4 is 0 Å². The molecule has 0 aliphatic heterocycles. The molecule has 0 aliphatic carbocycles. The molecular formula is C10H5ClN4. The fourth-order valence-electron chi connectivity index (χ4n) is 1.12. The van der Waals surface area contributed by atoms with Crippen molar-refractivity contribution < 1.29 is 0 Å². The molecule has 2 aromatic rings. The van der Waals surface area contributed by atoms with Crippen molar-refractivity contribution in [2.24, 2.45) is 0 Å². The van der Waals surface area contributed by atoms with E-state index in [0.717, 1.165) is 5.56 Å². The highest BCUT2D eigenvalue weighted by Crippen LogP contribution is 2.19. The first kappa shape index (κ1) is 9.56. The van der Waals surface area contributed by atoms with E-state index in [-0.39, 0.29) is 5.15 Å². The Hall–Kier alpha value is -1.99. The van der Waals surface area contributed by atoms with E-state index in [9.17, 15) is 0 Å². The minimum atomic E-state index is 0.121. The van der Waals surface area contributed by atoms with Gasteiger partial charge in [-0.3, -0.25) is 4.98 Å². The van der Waals surface area contributed by atoms with Crippen LogP contribution in [-0.2, 0) is 0 Å². The first-order valence-electron chi connectivity index (χ1n) is 4.15. The van der Waals surface area contributed by atoms with Crippen molar-refractivity contribution >= 4 is 11.6 Å². The molecule has 0 N–H and O–H groups in total. The summed E-state index contributed by atoms with van der Waals surface area (Å²) in [6, 6.07) is 7.14. The van der Waals surface area contributed by atoms with E-state index in [1.165, 1.54) is 0 Å². The van der Waals surface area contributed by atoms with E-state index in [2.05, 4.69) is 15.2 Å². The van der Waals surface area contributed by atoms with Crippen molar-refractivity contribution in [3.8, 4) is 17.3 Å². The largest absolute Gasteiger partial charge is 0.265 e. The summed E-state index contributed by atoms with van der Waals surface area (Å²) in [5, 5.41) is 16.5. The van der Waals surface area contributed by atoms with Gasteiger partial charge in [0.2, 0.25) is 0 Å². The number of hydrogen-bond acceptors (Lipinski definition) is 4. The molecule has 0 aliphatic rings. The maximum absolute atomic E-state index is 8.78. The molecule has 2 aromatic heterocycles. The third-order valence-electron chi connectivity index (χ3n) is 1.85. The first-order valence-corrected chi connectivity index (χ1v) is 4.53. The third-order valence-corrected chi connectivity index (χ3v) is 2.12. The predicted octanol–water partition coefficient (Wildman–Crippen LogP) is 2.06. The summed E-state index contributed by atoms with van der Waals surface area (Å²) in [7, 11) is 0. The van der Waals surface area contributed by atoms with Crippen LogP contribution in [0.4, 0.5) is 0 Å². The molecule has 0 fully saturated rings. The Labute approximate surface area is 91.2 Å². The molecule has 0 spiro atoms. The van der Waals surface area contributed by atoms with Gasteiger partial charge in [0.25, 0.3) is 0 Å². The smallest absolute Gasteiger partial charge is 0.169 e. The topological polar surface area (TPSA) is 62.5 Å². The van der Waals surface area contributed by atoms with Crippen LogP contribution in [0.5, 0.6) is 0 Å². The number of halogens is 1. The average Bonchev–Trinajstić information content (AvgIpc) is 2.31. The standard InChI is InChI=1S/C10H5ClN4/c11-10-8(6-12)5-9(14-15-10)7-1-3-13-4-2-7/h1-5H. The summed E-state index contributed by atoms with van der Waals surface area (Å²) in [4.78, 5) is 3.89. The summed E-state index contributed by atoms with van der Waals surface area (Å²) in [6.07, 6.45) is 3.30. The minimum absolute atomic E-state index is 0.121. The Balaban J connectivity index is 2.52. The van der Waals surface area contributed by atoms with Crippen molar-refractivity contribution in [2.75, 3.05) is 0 Å². The van der Waals surface area contributed by atoms with Crippen LogP contribution in [0.15, 0.2) is 30.6 Å². The van der Waals surface area contributed by atoms with Gasteiger partial charge in [0.15, 0.2) is 5.15 Å². The Morgan fingerprint density at radius 2 is 1.93 bits per heavy atom. The maximum atomic E-state index is 8.78. The van der Waals surface area contributed by atoms with Gasteiger partial charge < -0.3 is 0 Å². The van der Waals surface area contributed by atoms with Crippen LogP contribution in [-0.4, -0.2) is 15.2 Å². The lowest BCUT2D eigenvalue weighted by Gasteiger charge is -1.99. The van der Waals surface area contributed by atoms with Gasteiger partial charge in [0, 0.05) is 18.0 Å².